The predicted octanol–water partition coefficient (Wildman–Crippen LogP) is 5.33. The largest absolute Gasteiger partial charge is 0.461 e. The first-order valence-electron chi connectivity index (χ1n) is 12.8. The number of ether oxygens (including phenoxy) is 1. The standard InChI is InChI=1S/C29H27N11O2/c1-6-24(41)42-10-9-33-29-26(37-38-27-21(13-30)15-40(39-27)23-7-8-32-16-34-23)20(5)22(14-31)28(36-29)35-25-18(3)11-17(2)12-19(25)4/h6-8,11-12,15-16H,1,9-10H2,2-5H3,(H2,33,35,36). The molecule has 0 saturated heterocycles. The minimum atomic E-state index is -0.559. The van der Waals surface area contributed by atoms with E-state index in [1.807, 2.05) is 32.9 Å². The van der Waals surface area contributed by atoms with Crippen LogP contribution in [0.1, 0.15) is 33.4 Å². The molecule has 13 heteroatoms. The van der Waals surface area contributed by atoms with Crippen LogP contribution in [0, 0.1) is 50.4 Å². The summed E-state index contributed by atoms with van der Waals surface area (Å²) in [6.07, 6.45) is 5.47. The minimum Gasteiger partial charge on any atom is -0.461 e. The smallest absolute Gasteiger partial charge is 0.330 e. The number of nitriles is 2. The van der Waals surface area contributed by atoms with Gasteiger partial charge in [-0.05, 0) is 38.8 Å². The first-order valence-corrected chi connectivity index (χ1v) is 12.8. The molecule has 42 heavy (non-hydrogen) atoms. The Kier molecular flexibility index (Phi) is 8.94. The number of carbonyl (C=O) groups excluding carboxylic acids is 1. The maximum Gasteiger partial charge on any atom is 0.330 e. The first kappa shape index (κ1) is 29.0. The molecule has 0 aliphatic rings. The van der Waals surface area contributed by atoms with Crippen molar-refractivity contribution in [2.45, 2.75) is 27.7 Å². The maximum absolute atomic E-state index is 11.5. The van der Waals surface area contributed by atoms with Gasteiger partial charge in [-0.2, -0.15) is 10.5 Å². The third-order valence-corrected chi connectivity index (χ3v) is 6.11. The van der Waals surface area contributed by atoms with E-state index in [1.54, 1.807) is 19.2 Å². The number of nitrogens with zero attached hydrogens (tertiary/aromatic N) is 9. The summed E-state index contributed by atoms with van der Waals surface area (Å²) in [6, 6.07) is 9.98. The van der Waals surface area contributed by atoms with Crippen LogP contribution >= 0.6 is 0 Å². The summed E-state index contributed by atoms with van der Waals surface area (Å²) in [4.78, 5) is 24.2. The Labute approximate surface area is 242 Å². The summed E-state index contributed by atoms with van der Waals surface area (Å²) in [5.74, 6) is 0.537. The maximum atomic E-state index is 11.5. The van der Waals surface area contributed by atoms with E-state index < -0.39 is 5.97 Å². The zero-order valence-corrected chi connectivity index (χ0v) is 23.5. The fourth-order valence-corrected chi connectivity index (χ4v) is 4.19. The summed E-state index contributed by atoms with van der Waals surface area (Å²) in [7, 11) is 0. The zero-order chi connectivity index (χ0) is 30.2. The lowest BCUT2D eigenvalue weighted by molar-refractivity contribution is -0.137. The van der Waals surface area contributed by atoms with E-state index in [0.717, 1.165) is 28.5 Å². The van der Waals surface area contributed by atoms with Gasteiger partial charge < -0.3 is 15.4 Å². The Morgan fingerprint density at radius 3 is 2.55 bits per heavy atom. The number of nitrogens with one attached hydrogen (secondary N) is 2. The molecule has 0 bridgehead atoms. The van der Waals surface area contributed by atoms with E-state index in [4.69, 9.17) is 4.74 Å². The lowest BCUT2D eigenvalue weighted by Crippen LogP contribution is -2.14. The number of hydrogen-bond donors (Lipinski definition) is 2. The van der Waals surface area contributed by atoms with Gasteiger partial charge in [-0.15, -0.1) is 15.3 Å². The van der Waals surface area contributed by atoms with Crippen molar-refractivity contribution >= 4 is 34.8 Å². The van der Waals surface area contributed by atoms with E-state index in [0.29, 0.717) is 17.2 Å². The van der Waals surface area contributed by atoms with Crippen LogP contribution in [-0.4, -0.2) is 43.9 Å². The Morgan fingerprint density at radius 1 is 1.14 bits per heavy atom. The number of carbonyl (C=O) groups is 1. The number of benzene rings is 1. The molecular weight excluding hydrogens is 534 g/mol. The average Bonchev–Trinajstić information content (AvgIpc) is 3.40. The van der Waals surface area contributed by atoms with Gasteiger partial charge in [0.15, 0.2) is 17.5 Å². The van der Waals surface area contributed by atoms with Gasteiger partial charge in [-0.1, -0.05) is 24.3 Å². The van der Waals surface area contributed by atoms with Gasteiger partial charge >= 0.3 is 5.97 Å². The number of aromatic nitrogens is 5. The second kappa shape index (κ2) is 12.9. The van der Waals surface area contributed by atoms with E-state index in [1.165, 1.54) is 17.2 Å². The van der Waals surface area contributed by atoms with Crippen molar-refractivity contribution < 1.29 is 9.53 Å². The molecule has 0 atom stereocenters. The summed E-state index contributed by atoms with van der Waals surface area (Å²) in [5.41, 5.74) is 5.11. The molecule has 2 N–H and O–H groups in total. The average molecular weight is 562 g/mol. The highest BCUT2D eigenvalue weighted by Crippen LogP contribution is 2.37. The van der Waals surface area contributed by atoms with Gasteiger partial charge in [0, 0.05) is 29.6 Å². The number of azo groups is 1. The molecule has 4 aromatic rings. The van der Waals surface area contributed by atoms with Gasteiger partial charge in [0.1, 0.15) is 36.3 Å². The second-order valence-electron chi connectivity index (χ2n) is 9.16. The molecule has 0 aliphatic carbocycles. The van der Waals surface area contributed by atoms with Crippen molar-refractivity contribution in [3.63, 3.8) is 0 Å². The summed E-state index contributed by atoms with van der Waals surface area (Å²) in [6.45, 7) is 11.3. The van der Waals surface area contributed by atoms with E-state index >= 15 is 0 Å². The number of rotatable bonds is 10. The predicted molar refractivity (Wildman–Crippen MR) is 155 cm³/mol. The zero-order valence-electron chi connectivity index (χ0n) is 23.5. The summed E-state index contributed by atoms with van der Waals surface area (Å²) < 4.78 is 6.47. The third-order valence-electron chi connectivity index (χ3n) is 6.11. The van der Waals surface area contributed by atoms with E-state index in [-0.39, 0.29) is 41.6 Å². The van der Waals surface area contributed by atoms with Gasteiger partial charge in [0.05, 0.1) is 18.3 Å². The fraction of sp³-hybridized carbons (Fsp3) is 0.207. The topological polar surface area (TPSA) is 179 Å². The van der Waals surface area contributed by atoms with Gasteiger partial charge in [0.2, 0.25) is 5.82 Å². The second-order valence-corrected chi connectivity index (χ2v) is 9.16. The van der Waals surface area contributed by atoms with Crippen LogP contribution in [0.2, 0.25) is 0 Å². The van der Waals surface area contributed by atoms with Crippen LogP contribution < -0.4 is 10.6 Å². The number of hydrogen-bond acceptors (Lipinski definition) is 12. The Bertz CT molecular complexity index is 1740. The number of pyridine rings is 1. The highest BCUT2D eigenvalue weighted by molar-refractivity contribution is 5.81. The van der Waals surface area contributed by atoms with Gasteiger partial charge in [-0.3, -0.25) is 0 Å². The van der Waals surface area contributed by atoms with Crippen LogP contribution in [0.3, 0.4) is 0 Å². The molecule has 1 aromatic carbocycles. The van der Waals surface area contributed by atoms with Crippen LogP contribution in [0.4, 0.5) is 28.8 Å². The first-order chi connectivity index (χ1) is 20.2. The Hall–Kier alpha value is -5.95. The minimum absolute atomic E-state index is 0.0308. The number of aryl methyl sites for hydroxylation is 3. The molecule has 0 amide bonds. The van der Waals surface area contributed by atoms with Crippen LogP contribution in [0.15, 0.2) is 59.8 Å². The fourth-order valence-electron chi connectivity index (χ4n) is 4.19. The highest BCUT2D eigenvalue weighted by atomic mass is 16.5. The SMILES string of the molecule is C=CC(=O)OCCNc1nc(Nc2c(C)cc(C)cc2C)c(C#N)c(C)c1N=Nc1nn(-c2ccncn2)cc1C#N. The number of anilines is 3. The molecule has 0 radical (unpaired) electrons. The van der Waals surface area contributed by atoms with Crippen LogP contribution in [0.25, 0.3) is 5.82 Å². The molecule has 0 fully saturated rings. The van der Waals surface area contributed by atoms with E-state index in [2.05, 4.69) is 59.6 Å². The van der Waals surface area contributed by atoms with Crippen molar-refractivity contribution in [1.82, 2.24) is 24.7 Å². The summed E-state index contributed by atoms with van der Waals surface area (Å²) in [5, 5.41) is 39.1. The van der Waals surface area contributed by atoms with Crippen molar-refractivity contribution in [1.29, 1.82) is 10.5 Å². The monoisotopic (exact) mass is 561 g/mol. The quantitative estimate of drug-likeness (QED) is 0.111. The molecule has 0 aliphatic heterocycles. The van der Waals surface area contributed by atoms with E-state index in [9.17, 15) is 15.3 Å². The molecule has 4 rings (SSSR count). The van der Waals surface area contributed by atoms with Crippen molar-refractivity contribution in [2.24, 2.45) is 10.2 Å². The summed E-state index contributed by atoms with van der Waals surface area (Å²) >= 11 is 0. The molecule has 0 saturated carbocycles. The Morgan fingerprint density at radius 2 is 1.90 bits per heavy atom. The molecule has 3 aromatic heterocycles. The Balaban J connectivity index is 1.77. The number of esters is 1. The lowest BCUT2D eigenvalue weighted by Gasteiger charge is -2.18. The molecule has 13 nitrogen and oxygen atoms in total. The van der Waals surface area contributed by atoms with Crippen molar-refractivity contribution in [3.05, 3.63) is 83.0 Å². The third kappa shape index (κ3) is 6.43. The lowest BCUT2D eigenvalue weighted by atomic mass is 10.0. The molecule has 3 heterocycles. The molecule has 0 spiro atoms. The normalized spacial score (nSPS) is 10.6. The molecule has 0 unspecified atom stereocenters. The highest BCUT2D eigenvalue weighted by Gasteiger charge is 2.20. The van der Waals surface area contributed by atoms with Crippen molar-refractivity contribution in [2.75, 3.05) is 23.8 Å². The van der Waals surface area contributed by atoms with Crippen LogP contribution in [-0.2, 0) is 9.53 Å². The van der Waals surface area contributed by atoms with Crippen LogP contribution in [0.5, 0.6) is 0 Å². The molecular formula is C29H27N11O2. The van der Waals surface area contributed by atoms with Gasteiger partial charge in [-0.25, -0.2) is 24.4 Å². The van der Waals surface area contributed by atoms with Gasteiger partial charge in [0.25, 0.3) is 0 Å². The molecule has 210 valence electrons. The van der Waals surface area contributed by atoms with Crippen molar-refractivity contribution in [3.8, 4) is 18.0 Å².